The average Bonchev–Trinajstić information content (AvgIpc) is 2.70. The highest BCUT2D eigenvalue weighted by Crippen LogP contribution is 2.35. The van der Waals surface area contributed by atoms with Gasteiger partial charge in [0.15, 0.2) is 0 Å². The number of hydrogen-bond donors (Lipinski definition) is 1. The highest BCUT2D eigenvalue weighted by molar-refractivity contribution is 9.11. The Morgan fingerprint density at radius 2 is 1.40 bits per heavy atom. The highest BCUT2D eigenvalue weighted by Gasteiger charge is 2.09. The standard InChI is InChI=1S/C22H16Br4N2O2/c23-17-5-1-14(2-6-17)11-21(29)28-27-12-16-9-19(25)22(20(26)10-16)30-13-15-3-7-18(24)8-4-15/h1-10,12H,11,13H2,(H,28,29)/b27-12+. The molecule has 3 aromatic carbocycles. The van der Waals surface area contributed by atoms with Crippen LogP contribution in [0.5, 0.6) is 5.75 Å². The van der Waals surface area contributed by atoms with Crippen LogP contribution in [0.15, 0.2) is 83.7 Å². The molecule has 0 aliphatic carbocycles. The van der Waals surface area contributed by atoms with Crippen molar-refractivity contribution in [2.75, 3.05) is 0 Å². The number of hydrazone groups is 1. The smallest absolute Gasteiger partial charge is 0.244 e. The predicted octanol–water partition coefficient (Wildman–Crippen LogP) is 7.01. The lowest BCUT2D eigenvalue weighted by atomic mass is 10.1. The van der Waals surface area contributed by atoms with Crippen molar-refractivity contribution in [2.45, 2.75) is 13.0 Å². The van der Waals surface area contributed by atoms with Crippen LogP contribution in [0.4, 0.5) is 0 Å². The Kier molecular flexibility index (Phi) is 8.68. The van der Waals surface area contributed by atoms with Gasteiger partial charge in [0.25, 0.3) is 0 Å². The molecule has 0 bridgehead atoms. The van der Waals surface area contributed by atoms with Gasteiger partial charge in [0.2, 0.25) is 5.91 Å². The Hall–Kier alpha value is -1.48. The van der Waals surface area contributed by atoms with Gasteiger partial charge >= 0.3 is 0 Å². The molecule has 0 aliphatic rings. The van der Waals surface area contributed by atoms with Crippen LogP contribution in [0.2, 0.25) is 0 Å². The van der Waals surface area contributed by atoms with Crippen molar-refractivity contribution in [3.63, 3.8) is 0 Å². The monoisotopic (exact) mass is 656 g/mol. The van der Waals surface area contributed by atoms with Gasteiger partial charge in [0.05, 0.1) is 21.6 Å². The minimum atomic E-state index is -0.179. The maximum absolute atomic E-state index is 12.0. The van der Waals surface area contributed by atoms with E-state index < -0.39 is 0 Å². The molecule has 0 spiro atoms. The molecule has 0 radical (unpaired) electrons. The second-order valence-corrected chi connectivity index (χ2v) is 9.87. The molecular weight excluding hydrogens is 644 g/mol. The van der Waals surface area contributed by atoms with Gasteiger partial charge in [-0.15, -0.1) is 0 Å². The van der Waals surface area contributed by atoms with E-state index in [0.29, 0.717) is 12.4 Å². The fourth-order valence-electron chi connectivity index (χ4n) is 2.53. The largest absolute Gasteiger partial charge is 0.487 e. The fourth-order valence-corrected chi connectivity index (χ4v) is 4.51. The van der Waals surface area contributed by atoms with Crippen LogP contribution in [-0.2, 0) is 17.8 Å². The third-order valence-corrected chi connectivity index (χ3v) is 6.23. The highest BCUT2D eigenvalue weighted by atomic mass is 79.9. The number of rotatable bonds is 7. The van der Waals surface area contributed by atoms with Crippen molar-refractivity contribution < 1.29 is 9.53 Å². The second kappa shape index (κ2) is 11.2. The zero-order chi connectivity index (χ0) is 21.5. The third-order valence-electron chi connectivity index (χ3n) is 4.00. The van der Waals surface area contributed by atoms with Gasteiger partial charge in [-0.1, -0.05) is 56.1 Å². The Morgan fingerprint density at radius 1 is 0.867 bits per heavy atom. The number of benzene rings is 3. The molecule has 1 amide bonds. The van der Waals surface area contributed by atoms with Crippen LogP contribution in [0, 0.1) is 0 Å². The molecule has 0 aliphatic heterocycles. The molecule has 4 nitrogen and oxygen atoms in total. The molecule has 0 heterocycles. The van der Waals surface area contributed by atoms with E-state index >= 15 is 0 Å². The van der Waals surface area contributed by atoms with Gasteiger partial charge < -0.3 is 4.74 Å². The summed E-state index contributed by atoms with van der Waals surface area (Å²) in [6, 6.07) is 19.3. The molecule has 0 unspecified atom stereocenters. The number of halogens is 4. The number of carbonyl (C=O) groups is 1. The molecule has 3 aromatic rings. The summed E-state index contributed by atoms with van der Waals surface area (Å²) in [5.74, 6) is 0.524. The van der Waals surface area contributed by atoms with Crippen LogP contribution >= 0.6 is 63.7 Å². The summed E-state index contributed by atoms with van der Waals surface area (Å²) in [4.78, 5) is 12.0. The molecular formula is C22H16Br4N2O2. The zero-order valence-electron chi connectivity index (χ0n) is 15.5. The van der Waals surface area contributed by atoms with Gasteiger partial charge in [-0.05, 0) is 84.9 Å². The van der Waals surface area contributed by atoms with Gasteiger partial charge in [-0.3, -0.25) is 4.79 Å². The molecule has 0 saturated carbocycles. The van der Waals surface area contributed by atoms with Gasteiger partial charge in [-0.2, -0.15) is 5.10 Å². The Bertz CT molecular complexity index is 1030. The second-order valence-electron chi connectivity index (χ2n) is 6.33. The quantitative estimate of drug-likeness (QED) is 0.219. The molecule has 0 atom stereocenters. The lowest BCUT2D eigenvalue weighted by Gasteiger charge is -2.11. The van der Waals surface area contributed by atoms with Gasteiger partial charge in [0.1, 0.15) is 12.4 Å². The van der Waals surface area contributed by atoms with E-state index in [1.807, 2.05) is 60.7 Å². The van der Waals surface area contributed by atoms with Crippen LogP contribution in [0.1, 0.15) is 16.7 Å². The first-order valence-electron chi connectivity index (χ1n) is 8.83. The number of amides is 1. The molecule has 8 heteroatoms. The number of nitrogens with zero attached hydrogens (tertiary/aromatic N) is 1. The van der Waals surface area contributed by atoms with E-state index in [1.54, 1.807) is 6.21 Å². The molecule has 1 N–H and O–H groups in total. The van der Waals surface area contributed by atoms with Crippen molar-refractivity contribution in [1.82, 2.24) is 5.43 Å². The van der Waals surface area contributed by atoms with Crippen LogP contribution in [0.25, 0.3) is 0 Å². The summed E-state index contributed by atoms with van der Waals surface area (Å²) in [6.45, 7) is 0.448. The molecule has 0 saturated heterocycles. The summed E-state index contributed by atoms with van der Waals surface area (Å²) in [5.41, 5.74) is 5.35. The van der Waals surface area contributed by atoms with Crippen LogP contribution < -0.4 is 10.2 Å². The first-order valence-corrected chi connectivity index (χ1v) is 12.0. The van der Waals surface area contributed by atoms with E-state index in [1.165, 1.54) is 0 Å². The molecule has 0 fully saturated rings. The van der Waals surface area contributed by atoms with Crippen molar-refractivity contribution in [3.05, 3.63) is 95.2 Å². The van der Waals surface area contributed by atoms with Crippen molar-refractivity contribution >= 4 is 75.8 Å². The summed E-state index contributed by atoms with van der Waals surface area (Å²) in [5, 5.41) is 4.05. The van der Waals surface area contributed by atoms with Crippen molar-refractivity contribution in [1.29, 1.82) is 0 Å². The van der Waals surface area contributed by atoms with E-state index in [9.17, 15) is 4.79 Å². The molecule has 0 aromatic heterocycles. The maximum Gasteiger partial charge on any atom is 0.244 e. The number of nitrogens with one attached hydrogen (secondary N) is 1. The molecule has 154 valence electrons. The summed E-state index contributed by atoms with van der Waals surface area (Å²) in [7, 11) is 0. The summed E-state index contributed by atoms with van der Waals surface area (Å²) < 4.78 is 9.52. The normalized spacial score (nSPS) is 10.9. The SMILES string of the molecule is O=C(Cc1ccc(Br)cc1)N/N=C/c1cc(Br)c(OCc2ccc(Br)cc2)c(Br)c1. The van der Waals surface area contributed by atoms with E-state index in [-0.39, 0.29) is 12.3 Å². The molecule has 3 rings (SSSR count). The first kappa shape index (κ1) is 23.2. The van der Waals surface area contributed by atoms with Gasteiger partial charge in [-0.25, -0.2) is 5.43 Å². The summed E-state index contributed by atoms with van der Waals surface area (Å²) >= 11 is 13.9. The Balaban J connectivity index is 1.57. The van der Waals surface area contributed by atoms with Crippen LogP contribution in [0.3, 0.4) is 0 Å². The van der Waals surface area contributed by atoms with Crippen molar-refractivity contribution in [2.24, 2.45) is 5.10 Å². The lowest BCUT2D eigenvalue weighted by molar-refractivity contribution is -0.120. The number of ether oxygens (including phenoxy) is 1. The Labute approximate surface area is 208 Å². The topological polar surface area (TPSA) is 50.7 Å². The maximum atomic E-state index is 12.0. The Morgan fingerprint density at radius 3 is 1.97 bits per heavy atom. The first-order chi connectivity index (χ1) is 14.4. The fraction of sp³-hybridized carbons (Fsp3) is 0.0909. The average molecular weight is 660 g/mol. The lowest BCUT2D eigenvalue weighted by Crippen LogP contribution is -2.19. The minimum absolute atomic E-state index is 0.179. The predicted molar refractivity (Wildman–Crippen MR) is 134 cm³/mol. The number of carbonyl (C=O) groups excluding carboxylic acids is 1. The molecule has 30 heavy (non-hydrogen) atoms. The third kappa shape index (κ3) is 7.04. The zero-order valence-corrected chi connectivity index (χ0v) is 21.9. The van der Waals surface area contributed by atoms with E-state index in [0.717, 1.165) is 34.6 Å². The van der Waals surface area contributed by atoms with Gasteiger partial charge in [0, 0.05) is 8.95 Å². The minimum Gasteiger partial charge on any atom is -0.487 e. The van der Waals surface area contributed by atoms with Crippen LogP contribution in [-0.4, -0.2) is 12.1 Å². The van der Waals surface area contributed by atoms with E-state index in [2.05, 4.69) is 74.2 Å². The number of hydrogen-bond acceptors (Lipinski definition) is 3. The van der Waals surface area contributed by atoms with E-state index in [4.69, 9.17) is 4.74 Å². The summed E-state index contributed by atoms with van der Waals surface area (Å²) in [6.07, 6.45) is 1.86. The van der Waals surface area contributed by atoms with Crippen molar-refractivity contribution in [3.8, 4) is 5.75 Å².